The van der Waals surface area contributed by atoms with Crippen LogP contribution in [0.25, 0.3) is 11.1 Å². The maximum absolute atomic E-state index is 12.5. The van der Waals surface area contributed by atoms with Gasteiger partial charge in [0.2, 0.25) is 0 Å². The van der Waals surface area contributed by atoms with Crippen LogP contribution in [-0.4, -0.2) is 29.1 Å². The van der Waals surface area contributed by atoms with Gasteiger partial charge >= 0.3 is 6.09 Å². The third kappa shape index (κ3) is 6.87. The van der Waals surface area contributed by atoms with Gasteiger partial charge < -0.3 is 9.64 Å². The average molecular weight is 413 g/mol. The fourth-order valence-corrected chi connectivity index (χ4v) is 3.18. The Hall–Kier alpha value is -2.89. The van der Waals surface area contributed by atoms with E-state index in [0.29, 0.717) is 25.6 Å². The Kier molecular flexibility index (Phi) is 8.84. The highest BCUT2D eigenvalue weighted by atomic mass is 16.6. The third-order valence-electron chi connectivity index (χ3n) is 5.01. The summed E-state index contributed by atoms with van der Waals surface area (Å²) in [4.78, 5) is 24.8. The number of nitro groups is 1. The molecule has 0 aromatic heterocycles. The Balaban J connectivity index is 2.14. The molecule has 1 amide bonds. The van der Waals surface area contributed by atoms with E-state index in [1.54, 1.807) is 17.0 Å². The number of ether oxygens (including phenoxy) is 1. The molecule has 0 saturated heterocycles. The molecule has 0 radical (unpaired) electrons. The highest BCUT2D eigenvalue weighted by Crippen LogP contribution is 2.27. The zero-order valence-corrected chi connectivity index (χ0v) is 18.4. The highest BCUT2D eigenvalue weighted by molar-refractivity contribution is 5.69. The van der Waals surface area contributed by atoms with Gasteiger partial charge in [0.25, 0.3) is 5.69 Å². The van der Waals surface area contributed by atoms with Crippen LogP contribution in [0.15, 0.2) is 42.5 Å². The molecule has 0 unspecified atom stereocenters. The molecule has 2 aromatic rings. The van der Waals surface area contributed by atoms with Crippen molar-refractivity contribution in [2.45, 2.75) is 53.5 Å². The lowest BCUT2D eigenvalue weighted by Gasteiger charge is -2.23. The second-order valence-electron chi connectivity index (χ2n) is 8.03. The largest absolute Gasteiger partial charge is 0.449 e. The van der Waals surface area contributed by atoms with Crippen molar-refractivity contribution in [1.29, 1.82) is 0 Å². The van der Waals surface area contributed by atoms with E-state index in [2.05, 4.69) is 26.8 Å². The van der Waals surface area contributed by atoms with E-state index in [-0.39, 0.29) is 11.8 Å². The number of carbonyl (C=O) groups excluding carboxylic acids is 1. The molecule has 0 saturated carbocycles. The van der Waals surface area contributed by atoms with Crippen molar-refractivity contribution in [2.75, 3.05) is 13.2 Å². The Morgan fingerprint density at radius 3 is 2.43 bits per heavy atom. The second kappa shape index (κ2) is 11.3. The molecule has 6 heteroatoms. The SMILES string of the molecule is CCCCOC(=O)N(CCC(C)C)Cc1ccc(-c2ccc([N+](=O)[O-])cc2)c(C)c1. The molecular formula is C24H32N2O4. The van der Waals surface area contributed by atoms with Crippen molar-refractivity contribution in [3.63, 3.8) is 0 Å². The molecule has 0 bridgehead atoms. The van der Waals surface area contributed by atoms with E-state index in [1.807, 2.05) is 19.1 Å². The quantitative estimate of drug-likeness (QED) is 0.259. The number of carbonyl (C=O) groups is 1. The number of rotatable bonds is 10. The molecule has 0 atom stereocenters. The summed E-state index contributed by atoms with van der Waals surface area (Å²) >= 11 is 0. The molecule has 2 rings (SSSR count). The van der Waals surface area contributed by atoms with Crippen LogP contribution >= 0.6 is 0 Å². The third-order valence-corrected chi connectivity index (χ3v) is 5.01. The maximum atomic E-state index is 12.5. The number of unbranched alkanes of at least 4 members (excludes halogenated alkanes) is 1. The van der Waals surface area contributed by atoms with E-state index in [4.69, 9.17) is 4.74 Å². The highest BCUT2D eigenvalue weighted by Gasteiger charge is 2.17. The van der Waals surface area contributed by atoms with Gasteiger partial charge in [-0.1, -0.05) is 45.4 Å². The zero-order chi connectivity index (χ0) is 22.1. The molecule has 0 heterocycles. The number of hydrogen-bond acceptors (Lipinski definition) is 4. The van der Waals surface area contributed by atoms with Crippen LogP contribution in [0.5, 0.6) is 0 Å². The molecule has 0 N–H and O–H groups in total. The van der Waals surface area contributed by atoms with E-state index >= 15 is 0 Å². The van der Waals surface area contributed by atoms with Gasteiger partial charge in [-0.15, -0.1) is 0 Å². The van der Waals surface area contributed by atoms with Crippen LogP contribution in [0, 0.1) is 23.0 Å². The number of nitrogens with zero attached hydrogens (tertiary/aromatic N) is 2. The molecule has 162 valence electrons. The van der Waals surface area contributed by atoms with Crippen molar-refractivity contribution < 1.29 is 14.5 Å². The lowest BCUT2D eigenvalue weighted by Crippen LogP contribution is -2.33. The fraction of sp³-hybridized carbons (Fsp3) is 0.458. The van der Waals surface area contributed by atoms with Crippen LogP contribution < -0.4 is 0 Å². The number of hydrogen-bond donors (Lipinski definition) is 0. The summed E-state index contributed by atoms with van der Waals surface area (Å²) < 4.78 is 5.43. The Morgan fingerprint density at radius 2 is 1.87 bits per heavy atom. The normalized spacial score (nSPS) is 10.8. The summed E-state index contributed by atoms with van der Waals surface area (Å²) in [6.07, 6.45) is 2.51. The van der Waals surface area contributed by atoms with Crippen molar-refractivity contribution in [3.8, 4) is 11.1 Å². The molecule has 2 aromatic carbocycles. The predicted octanol–water partition coefficient (Wildman–Crippen LogP) is 6.36. The van der Waals surface area contributed by atoms with Crippen molar-refractivity contribution in [2.24, 2.45) is 5.92 Å². The van der Waals surface area contributed by atoms with Gasteiger partial charge in [0, 0.05) is 25.2 Å². The topological polar surface area (TPSA) is 72.7 Å². The average Bonchev–Trinajstić information content (AvgIpc) is 2.71. The number of aryl methyl sites for hydroxylation is 1. The van der Waals surface area contributed by atoms with Gasteiger partial charge in [-0.3, -0.25) is 10.1 Å². The lowest BCUT2D eigenvalue weighted by atomic mass is 9.98. The van der Waals surface area contributed by atoms with Crippen LogP contribution in [0.1, 0.15) is 51.2 Å². The van der Waals surface area contributed by atoms with Crippen LogP contribution in [0.3, 0.4) is 0 Å². The van der Waals surface area contributed by atoms with Crippen molar-refractivity contribution in [3.05, 3.63) is 63.7 Å². The predicted molar refractivity (Wildman–Crippen MR) is 119 cm³/mol. The van der Waals surface area contributed by atoms with Gasteiger partial charge in [0.15, 0.2) is 0 Å². The summed E-state index contributed by atoms with van der Waals surface area (Å²) in [6, 6.07) is 12.6. The molecule has 0 spiro atoms. The van der Waals surface area contributed by atoms with Gasteiger partial charge in [-0.25, -0.2) is 4.79 Å². The molecule has 0 aliphatic heterocycles. The van der Waals surface area contributed by atoms with E-state index in [9.17, 15) is 14.9 Å². The molecule has 0 aliphatic carbocycles. The molecule has 30 heavy (non-hydrogen) atoms. The molecular weight excluding hydrogens is 380 g/mol. The van der Waals surface area contributed by atoms with Gasteiger partial charge in [0.1, 0.15) is 0 Å². The minimum atomic E-state index is -0.398. The smallest absolute Gasteiger partial charge is 0.410 e. The first-order valence-electron chi connectivity index (χ1n) is 10.6. The van der Waals surface area contributed by atoms with Crippen LogP contribution in [-0.2, 0) is 11.3 Å². The second-order valence-corrected chi connectivity index (χ2v) is 8.03. The van der Waals surface area contributed by atoms with E-state index in [1.165, 1.54) is 12.1 Å². The number of nitro benzene ring substituents is 1. The summed E-state index contributed by atoms with van der Waals surface area (Å²) in [5, 5.41) is 10.9. The monoisotopic (exact) mass is 412 g/mol. The fourth-order valence-electron chi connectivity index (χ4n) is 3.18. The lowest BCUT2D eigenvalue weighted by molar-refractivity contribution is -0.384. The summed E-state index contributed by atoms with van der Waals surface area (Å²) in [5.41, 5.74) is 4.13. The molecule has 0 fully saturated rings. The van der Waals surface area contributed by atoms with E-state index in [0.717, 1.165) is 41.5 Å². The van der Waals surface area contributed by atoms with Crippen LogP contribution in [0.4, 0.5) is 10.5 Å². The number of non-ortho nitro benzene ring substituents is 1. The van der Waals surface area contributed by atoms with Crippen molar-refractivity contribution in [1.82, 2.24) is 4.90 Å². The maximum Gasteiger partial charge on any atom is 0.410 e. The van der Waals surface area contributed by atoms with E-state index < -0.39 is 4.92 Å². The van der Waals surface area contributed by atoms with Gasteiger partial charge in [0.05, 0.1) is 11.5 Å². The van der Waals surface area contributed by atoms with Gasteiger partial charge in [-0.2, -0.15) is 0 Å². The number of amides is 1. The summed E-state index contributed by atoms with van der Waals surface area (Å²) in [7, 11) is 0. The first-order chi connectivity index (χ1) is 14.3. The van der Waals surface area contributed by atoms with Gasteiger partial charge in [-0.05, 0) is 60.1 Å². The minimum absolute atomic E-state index is 0.0791. The number of benzene rings is 2. The molecule has 6 nitrogen and oxygen atoms in total. The molecule has 0 aliphatic rings. The summed E-state index contributed by atoms with van der Waals surface area (Å²) in [5.74, 6) is 0.502. The Bertz CT molecular complexity index is 847. The first kappa shape index (κ1) is 23.4. The first-order valence-corrected chi connectivity index (χ1v) is 10.6. The zero-order valence-electron chi connectivity index (χ0n) is 18.4. The van der Waals surface area contributed by atoms with Crippen molar-refractivity contribution >= 4 is 11.8 Å². The minimum Gasteiger partial charge on any atom is -0.449 e. The summed E-state index contributed by atoms with van der Waals surface area (Å²) in [6.45, 7) is 9.97. The van der Waals surface area contributed by atoms with Crippen LogP contribution in [0.2, 0.25) is 0 Å². The standard InChI is InChI=1S/C24H32N2O4/c1-5-6-15-30-24(27)25(14-13-18(2)3)17-20-7-12-23(19(4)16-20)21-8-10-22(11-9-21)26(28)29/h7-12,16,18H,5-6,13-15,17H2,1-4H3. The Labute approximate surface area is 179 Å². The Morgan fingerprint density at radius 1 is 1.17 bits per heavy atom.